The monoisotopic (exact) mass is 474 g/mol. The molecule has 0 saturated carbocycles. The fourth-order valence-corrected chi connectivity index (χ4v) is 3.97. The molecule has 0 unspecified atom stereocenters. The first kappa shape index (κ1) is 22.8. The van der Waals surface area contributed by atoms with E-state index in [1.54, 1.807) is 30.3 Å². The van der Waals surface area contributed by atoms with E-state index in [-0.39, 0.29) is 11.7 Å². The van der Waals surface area contributed by atoms with Crippen molar-refractivity contribution in [3.63, 3.8) is 0 Å². The Hall–Kier alpha value is -4.97. The molecule has 5 rings (SSSR count). The van der Waals surface area contributed by atoms with Crippen molar-refractivity contribution in [3.8, 4) is 11.5 Å². The molecule has 0 atom stereocenters. The van der Waals surface area contributed by atoms with Gasteiger partial charge in [-0.25, -0.2) is 10.2 Å². The number of hydrazone groups is 1. The summed E-state index contributed by atoms with van der Waals surface area (Å²) in [7, 11) is 1.49. The summed E-state index contributed by atoms with van der Waals surface area (Å²) in [6.07, 6.45) is 1.50. The topological polar surface area (TPSA) is 77.0 Å². The Balaban J connectivity index is 1.29. The smallest absolute Gasteiger partial charge is 0.344 e. The maximum atomic E-state index is 12.9. The van der Waals surface area contributed by atoms with Gasteiger partial charge in [-0.1, -0.05) is 66.7 Å². The van der Waals surface area contributed by atoms with Gasteiger partial charge in [0.2, 0.25) is 0 Å². The number of hydrogen-bond acceptors (Lipinski definition) is 5. The second-order valence-electron chi connectivity index (χ2n) is 8.09. The van der Waals surface area contributed by atoms with Crippen molar-refractivity contribution in [2.24, 2.45) is 5.10 Å². The molecule has 1 N–H and O–H groups in total. The highest BCUT2D eigenvalue weighted by molar-refractivity contribution is 6.05. The van der Waals surface area contributed by atoms with E-state index in [2.05, 4.69) is 10.5 Å². The summed E-state index contributed by atoms with van der Waals surface area (Å²) in [5.74, 6) is -0.139. The number of methoxy groups -OCH3 is 1. The van der Waals surface area contributed by atoms with Gasteiger partial charge in [-0.3, -0.25) is 4.79 Å². The zero-order valence-electron chi connectivity index (χ0n) is 19.5. The third kappa shape index (κ3) is 4.79. The van der Waals surface area contributed by atoms with E-state index in [0.717, 1.165) is 21.5 Å². The summed E-state index contributed by atoms with van der Waals surface area (Å²) in [6, 6.07) is 31.5. The zero-order valence-corrected chi connectivity index (χ0v) is 19.5. The normalized spacial score (nSPS) is 11.0. The van der Waals surface area contributed by atoms with Crippen LogP contribution in [0.25, 0.3) is 21.5 Å². The molecule has 0 aliphatic carbocycles. The number of ether oxygens (including phenoxy) is 2. The molecule has 0 aromatic heterocycles. The highest BCUT2D eigenvalue weighted by Crippen LogP contribution is 2.29. The van der Waals surface area contributed by atoms with Crippen LogP contribution in [0.15, 0.2) is 108 Å². The van der Waals surface area contributed by atoms with E-state index >= 15 is 0 Å². The molecule has 0 aliphatic heterocycles. The standard InChI is InChI=1S/C30H22N2O4/c1-35-28-17-20(19-31-32-29(33)24-15-14-21-7-2-3-9-23(21)18-24)13-16-27(28)36-30(34)26-12-6-10-22-8-4-5-11-25(22)26/h2-19H,1H3,(H,32,33)/b31-19-. The van der Waals surface area contributed by atoms with E-state index in [1.165, 1.54) is 13.3 Å². The van der Waals surface area contributed by atoms with Crippen LogP contribution < -0.4 is 14.9 Å². The maximum absolute atomic E-state index is 12.9. The maximum Gasteiger partial charge on any atom is 0.344 e. The highest BCUT2D eigenvalue weighted by Gasteiger charge is 2.15. The number of nitrogens with one attached hydrogen (secondary N) is 1. The molecule has 1 amide bonds. The Kier molecular flexibility index (Phi) is 6.40. The van der Waals surface area contributed by atoms with E-state index < -0.39 is 5.97 Å². The van der Waals surface area contributed by atoms with Crippen LogP contribution in [0.3, 0.4) is 0 Å². The van der Waals surface area contributed by atoms with Crippen molar-refractivity contribution >= 4 is 39.6 Å². The fraction of sp³-hybridized carbons (Fsp3) is 0.0333. The van der Waals surface area contributed by atoms with Gasteiger partial charge < -0.3 is 9.47 Å². The number of hydrogen-bond donors (Lipinski definition) is 1. The molecule has 0 fully saturated rings. The first-order chi connectivity index (χ1) is 17.6. The Morgan fingerprint density at radius 2 is 1.50 bits per heavy atom. The van der Waals surface area contributed by atoms with Gasteiger partial charge in [0.15, 0.2) is 11.5 Å². The summed E-state index contributed by atoms with van der Waals surface area (Å²) in [5, 5.41) is 7.87. The van der Waals surface area contributed by atoms with E-state index in [4.69, 9.17) is 9.47 Å². The second kappa shape index (κ2) is 10.1. The van der Waals surface area contributed by atoms with Crippen LogP contribution in [0.5, 0.6) is 11.5 Å². The minimum Gasteiger partial charge on any atom is -0.493 e. The number of amides is 1. The molecule has 0 radical (unpaired) electrons. The minimum absolute atomic E-state index is 0.285. The summed E-state index contributed by atoms with van der Waals surface area (Å²) >= 11 is 0. The molecule has 5 aromatic rings. The van der Waals surface area contributed by atoms with Gasteiger partial charge in [0, 0.05) is 5.56 Å². The van der Waals surface area contributed by atoms with Crippen molar-refractivity contribution < 1.29 is 19.1 Å². The van der Waals surface area contributed by atoms with Gasteiger partial charge in [-0.05, 0) is 63.5 Å². The van der Waals surface area contributed by atoms with Crippen LogP contribution >= 0.6 is 0 Å². The molecule has 0 saturated heterocycles. The molecule has 0 aliphatic rings. The summed E-state index contributed by atoms with van der Waals surface area (Å²) in [5.41, 5.74) is 4.18. The third-order valence-corrected chi connectivity index (χ3v) is 5.79. The van der Waals surface area contributed by atoms with Crippen molar-refractivity contribution in [2.45, 2.75) is 0 Å². The van der Waals surface area contributed by atoms with E-state index in [0.29, 0.717) is 22.4 Å². The Labute approximate surface area is 207 Å². The number of esters is 1. The predicted molar refractivity (Wildman–Crippen MR) is 141 cm³/mol. The van der Waals surface area contributed by atoms with E-state index in [1.807, 2.05) is 72.8 Å². The minimum atomic E-state index is -0.478. The van der Waals surface area contributed by atoms with Crippen molar-refractivity contribution in [3.05, 3.63) is 120 Å². The van der Waals surface area contributed by atoms with Crippen LogP contribution in [0.4, 0.5) is 0 Å². The van der Waals surface area contributed by atoms with Crippen molar-refractivity contribution in [1.29, 1.82) is 0 Å². The highest BCUT2D eigenvalue weighted by atomic mass is 16.6. The zero-order chi connectivity index (χ0) is 24.9. The SMILES string of the molecule is COc1cc(/C=N\NC(=O)c2ccc3ccccc3c2)ccc1OC(=O)c1cccc2ccccc12. The first-order valence-electron chi connectivity index (χ1n) is 11.3. The van der Waals surface area contributed by atoms with Gasteiger partial charge in [-0.2, -0.15) is 5.10 Å². The molecular formula is C30H22N2O4. The molecule has 0 spiro atoms. The number of benzene rings is 5. The van der Waals surface area contributed by atoms with Crippen LogP contribution in [0.1, 0.15) is 26.3 Å². The molecule has 0 bridgehead atoms. The van der Waals surface area contributed by atoms with Crippen molar-refractivity contribution in [2.75, 3.05) is 7.11 Å². The number of carbonyl (C=O) groups is 2. The van der Waals surface area contributed by atoms with Gasteiger partial charge in [0.25, 0.3) is 5.91 Å². The molecular weight excluding hydrogens is 452 g/mol. The van der Waals surface area contributed by atoms with Crippen molar-refractivity contribution in [1.82, 2.24) is 5.43 Å². The van der Waals surface area contributed by atoms with Gasteiger partial charge in [0.1, 0.15) is 0 Å². The second-order valence-corrected chi connectivity index (χ2v) is 8.09. The van der Waals surface area contributed by atoms with Crippen LogP contribution in [0, 0.1) is 0 Å². The molecule has 5 aromatic carbocycles. The van der Waals surface area contributed by atoms with Gasteiger partial charge >= 0.3 is 5.97 Å². The average Bonchev–Trinajstić information content (AvgIpc) is 2.93. The number of rotatable bonds is 6. The molecule has 0 heterocycles. The summed E-state index contributed by atoms with van der Waals surface area (Å²) in [4.78, 5) is 25.4. The summed E-state index contributed by atoms with van der Waals surface area (Å²) in [6.45, 7) is 0. The third-order valence-electron chi connectivity index (χ3n) is 5.79. The quantitative estimate of drug-likeness (QED) is 0.142. The van der Waals surface area contributed by atoms with Crippen LogP contribution in [-0.4, -0.2) is 25.2 Å². The lowest BCUT2D eigenvalue weighted by Crippen LogP contribution is -2.17. The van der Waals surface area contributed by atoms with Crippen LogP contribution in [-0.2, 0) is 0 Å². The number of fused-ring (bicyclic) bond motifs is 2. The Morgan fingerprint density at radius 1 is 0.750 bits per heavy atom. The van der Waals surface area contributed by atoms with Gasteiger partial charge in [0.05, 0.1) is 18.9 Å². The predicted octanol–water partition coefficient (Wildman–Crippen LogP) is 5.98. The molecule has 176 valence electrons. The van der Waals surface area contributed by atoms with Crippen LogP contribution in [0.2, 0.25) is 0 Å². The fourth-order valence-electron chi connectivity index (χ4n) is 3.97. The molecule has 6 nitrogen and oxygen atoms in total. The summed E-state index contributed by atoms with van der Waals surface area (Å²) < 4.78 is 11.1. The van der Waals surface area contributed by atoms with Gasteiger partial charge in [-0.15, -0.1) is 0 Å². The average molecular weight is 475 g/mol. The molecule has 6 heteroatoms. The lowest BCUT2D eigenvalue weighted by Gasteiger charge is -2.11. The number of carbonyl (C=O) groups excluding carboxylic acids is 2. The lowest BCUT2D eigenvalue weighted by molar-refractivity contribution is 0.0731. The lowest BCUT2D eigenvalue weighted by atomic mass is 10.0. The molecule has 36 heavy (non-hydrogen) atoms. The Bertz CT molecular complexity index is 1620. The van der Waals surface area contributed by atoms with E-state index in [9.17, 15) is 9.59 Å². The number of nitrogens with zero attached hydrogens (tertiary/aromatic N) is 1. The largest absolute Gasteiger partial charge is 0.493 e. The Morgan fingerprint density at radius 3 is 2.33 bits per heavy atom. The first-order valence-corrected chi connectivity index (χ1v) is 11.3.